The second-order valence-corrected chi connectivity index (χ2v) is 4.48. The summed E-state index contributed by atoms with van der Waals surface area (Å²) in [6, 6.07) is 10.6. The molecule has 22 heavy (non-hydrogen) atoms. The summed E-state index contributed by atoms with van der Waals surface area (Å²) < 4.78 is 0. The van der Waals surface area contributed by atoms with Crippen LogP contribution in [0.5, 0.6) is 0 Å². The van der Waals surface area contributed by atoms with Crippen molar-refractivity contribution in [2.75, 3.05) is 5.43 Å². The lowest BCUT2D eigenvalue weighted by molar-refractivity contribution is -0.385. The third kappa shape index (κ3) is 3.63. The smallest absolute Gasteiger partial charge is 0.272 e. The molecule has 2 aromatic carbocycles. The molecule has 0 heterocycles. The number of hydrogen-bond acceptors (Lipinski definition) is 6. The van der Waals surface area contributed by atoms with Crippen LogP contribution in [-0.2, 0) is 0 Å². The van der Waals surface area contributed by atoms with E-state index in [1.807, 2.05) is 0 Å². The van der Waals surface area contributed by atoms with Crippen LogP contribution < -0.4 is 5.43 Å². The first-order valence-corrected chi connectivity index (χ1v) is 6.26. The quantitative estimate of drug-likeness (QED) is 0.517. The average molecular weight is 300 g/mol. The molecule has 112 valence electrons. The van der Waals surface area contributed by atoms with Crippen molar-refractivity contribution in [3.63, 3.8) is 0 Å². The van der Waals surface area contributed by atoms with Crippen molar-refractivity contribution in [2.24, 2.45) is 5.10 Å². The number of nitro benzene ring substituents is 2. The molecule has 0 aliphatic carbocycles. The van der Waals surface area contributed by atoms with Crippen LogP contribution in [0.4, 0.5) is 17.1 Å². The summed E-state index contributed by atoms with van der Waals surface area (Å²) in [4.78, 5) is 20.5. The molecule has 2 rings (SSSR count). The Morgan fingerprint density at radius 3 is 2.55 bits per heavy atom. The van der Waals surface area contributed by atoms with E-state index in [-0.39, 0.29) is 11.4 Å². The molecule has 0 unspecified atom stereocenters. The van der Waals surface area contributed by atoms with Gasteiger partial charge in [-0.05, 0) is 13.0 Å². The van der Waals surface area contributed by atoms with Gasteiger partial charge in [-0.3, -0.25) is 25.7 Å². The number of hydrogen-bond donors (Lipinski definition) is 1. The van der Waals surface area contributed by atoms with Gasteiger partial charge in [0.2, 0.25) is 0 Å². The normalized spacial score (nSPS) is 10.6. The van der Waals surface area contributed by atoms with Gasteiger partial charge in [0.25, 0.3) is 11.4 Å². The Morgan fingerprint density at radius 2 is 1.86 bits per heavy atom. The van der Waals surface area contributed by atoms with Gasteiger partial charge in [-0.1, -0.05) is 18.2 Å². The highest BCUT2D eigenvalue weighted by atomic mass is 16.6. The van der Waals surface area contributed by atoms with Gasteiger partial charge >= 0.3 is 0 Å². The fourth-order valence-corrected chi connectivity index (χ4v) is 1.77. The molecule has 2 aromatic rings. The minimum atomic E-state index is -0.502. The van der Waals surface area contributed by atoms with E-state index in [9.17, 15) is 20.2 Å². The fraction of sp³-hybridized carbons (Fsp3) is 0.0714. The minimum Gasteiger partial charge on any atom is -0.278 e. The molecule has 0 fully saturated rings. The van der Waals surface area contributed by atoms with Gasteiger partial charge in [-0.15, -0.1) is 0 Å². The molecular formula is C14H12N4O4. The number of benzene rings is 2. The number of rotatable bonds is 5. The highest BCUT2D eigenvalue weighted by molar-refractivity contribution is 5.81. The van der Waals surface area contributed by atoms with Gasteiger partial charge in [0.05, 0.1) is 21.7 Å². The van der Waals surface area contributed by atoms with Crippen LogP contribution in [0, 0.1) is 27.2 Å². The Balaban J connectivity index is 2.13. The Morgan fingerprint density at radius 1 is 1.09 bits per heavy atom. The first-order chi connectivity index (χ1) is 10.5. The maximum absolute atomic E-state index is 10.9. The third-order valence-corrected chi connectivity index (χ3v) is 2.89. The molecule has 8 heteroatoms. The Labute approximate surface area is 125 Å². The van der Waals surface area contributed by atoms with Crippen LogP contribution >= 0.6 is 0 Å². The van der Waals surface area contributed by atoms with E-state index in [4.69, 9.17) is 0 Å². The summed E-state index contributed by atoms with van der Waals surface area (Å²) in [5.74, 6) is 0. The number of aryl methyl sites for hydroxylation is 1. The highest BCUT2D eigenvalue weighted by Crippen LogP contribution is 2.19. The second-order valence-electron chi connectivity index (χ2n) is 4.48. The minimum absolute atomic E-state index is 0.0132. The van der Waals surface area contributed by atoms with Crippen LogP contribution in [0.25, 0.3) is 0 Å². The molecule has 0 amide bonds. The number of nitrogens with zero attached hydrogens (tertiary/aromatic N) is 3. The zero-order valence-electron chi connectivity index (χ0n) is 11.6. The molecule has 0 atom stereocenters. The van der Waals surface area contributed by atoms with Crippen molar-refractivity contribution >= 4 is 23.3 Å². The van der Waals surface area contributed by atoms with E-state index >= 15 is 0 Å². The van der Waals surface area contributed by atoms with Crippen LogP contribution in [-0.4, -0.2) is 16.1 Å². The number of hydrazone groups is 1. The van der Waals surface area contributed by atoms with Gasteiger partial charge in [0, 0.05) is 29.3 Å². The molecule has 0 radical (unpaired) electrons. The van der Waals surface area contributed by atoms with Crippen LogP contribution in [0.3, 0.4) is 0 Å². The summed E-state index contributed by atoms with van der Waals surface area (Å²) in [6.07, 6.45) is 1.41. The number of nitro groups is 2. The summed E-state index contributed by atoms with van der Waals surface area (Å²) in [5, 5.41) is 25.4. The zero-order chi connectivity index (χ0) is 16.1. The standard InChI is InChI=1S/C14H12N4O4/c1-10-5-6-11(7-14(10)18(21)22)9-15-16-12-3-2-4-13(8-12)17(19)20/h2-9,16H,1H3/b15-9-. The number of nitrogens with one attached hydrogen (secondary N) is 1. The molecule has 0 aliphatic heterocycles. The fourth-order valence-electron chi connectivity index (χ4n) is 1.77. The van der Waals surface area contributed by atoms with Crippen molar-refractivity contribution in [1.82, 2.24) is 0 Å². The summed E-state index contributed by atoms with van der Waals surface area (Å²) >= 11 is 0. The zero-order valence-corrected chi connectivity index (χ0v) is 11.6. The summed E-state index contributed by atoms with van der Waals surface area (Å²) in [6.45, 7) is 1.65. The SMILES string of the molecule is Cc1ccc(/C=N\Nc2cccc([N+](=O)[O-])c2)cc1[N+](=O)[O-]. The molecule has 0 bridgehead atoms. The van der Waals surface area contributed by atoms with Crippen molar-refractivity contribution < 1.29 is 9.85 Å². The van der Waals surface area contributed by atoms with E-state index in [0.29, 0.717) is 16.8 Å². The average Bonchev–Trinajstić information content (AvgIpc) is 2.49. The topological polar surface area (TPSA) is 111 Å². The van der Waals surface area contributed by atoms with Crippen LogP contribution in [0.2, 0.25) is 0 Å². The van der Waals surface area contributed by atoms with Crippen molar-refractivity contribution in [3.05, 3.63) is 73.8 Å². The maximum atomic E-state index is 10.9. The third-order valence-electron chi connectivity index (χ3n) is 2.89. The first-order valence-electron chi connectivity index (χ1n) is 6.26. The molecular weight excluding hydrogens is 288 g/mol. The van der Waals surface area contributed by atoms with E-state index < -0.39 is 9.85 Å². The molecule has 0 saturated heterocycles. The summed E-state index contributed by atoms with van der Waals surface area (Å²) in [5.41, 5.74) is 4.18. The lowest BCUT2D eigenvalue weighted by Crippen LogP contribution is -1.95. The number of anilines is 1. The van der Waals surface area contributed by atoms with E-state index in [1.165, 1.54) is 30.5 Å². The van der Waals surface area contributed by atoms with Gasteiger partial charge in [0.1, 0.15) is 0 Å². The highest BCUT2D eigenvalue weighted by Gasteiger charge is 2.10. The predicted molar refractivity (Wildman–Crippen MR) is 82.1 cm³/mol. The first kappa shape index (κ1) is 15.1. The molecule has 0 spiro atoms. The molecule has 0 aromatic heterocycles. The van der Waals surface area contributed by atoms with Gasteiger partial charge in [0.15, 0.2) is 0 Å². The van der Waals surface area contributed by atoms with Gasteiger partial charge in [-0.2, -0.15) is 5.10 Å². The van der Waals surface area contributed by atoms with Crippen molar-refractivity contribution in [2.45, 2.75) is 6.92 Å². The van der Waals surface area contributed by atoms with E-state index in [1.54, 1.807) is 25.1 Å². The second kappa shape index (κ2) is 6.44. The molecule has 0 aliphatic rings. The lowest BCUT2D eigenvalue weighted by Gasteiger charge is -2.00. The molecule has 1 N–H and O–H groups in total. The van der Waals surface area contributed by atoms with Gasteiger partial charge in [-0.25, -0.2) is 0 Å². The Kier molecular flexibility index (Phi) is 4.42. The Bertz CT molecular complexity index is 758. The van der Waals surface area contributed by atoms with Crippen LogP contribution in [0.15, 0.2) is 47.6 Å². The molecule has 8 nitrogen and oxygen atoms in total. The van der Waals surface area contributed by atoms with E-state index in [0.717, 1.165) is 0 Å². The monoisotopic (exact) mass is 300 g/mol. The van der Waals surface area contributed by atoms with Crippen molar-refractivity contribution in [1.29, 1.82) is 0 Å². The maximum Gasteiger partial charge on any atom is 0.272 e. The predicted octanol–water partition coefficient (Wildman–Crippen LogP) is 3.26. The van der Waals surface area contributed by atoms with Gasteiger partial charge < -0.3 is 0 Å². The molecule has 0 saturated carbocycles. The Hall–Kier alpha value is -3.29. The summed E-state index contributed by atoms with van der Waals surface area (Å²) in [7, 11) is 0. The number of non-ortho nitro benzene ring substituents is 1. The van der Waals surface area contributed by atoms with E-state index in [2.05, 4.69) is 10.5 Å². The van der Waals surface area contributed by atoms with Crippen molar-refractivity contribution in [3.8, 4) is 0 Å². The van der Waals surface area contributed by atoms with Crippen LogP contribution in [0.1, 0.15) is 11.1 Å². The largest absolute Gasteiger partial charge is 0.278 e. The lowest BCUT2D eigenvalue weighted by atomic mass is 10.1.